The van der Waals surface area contributed by atoms with Gasteiger partial charge in [0.15, 0.2) is 0 Å². The highest BCUT2D eigenvalue weighted by atomic mass is 16.5. The third-order valence-corrected chi connectivity index (χ3v) is 2.85. The van der Waals surface area contributed by atoms with Crippen molar-refractivity contribution in [3.8, 4) is 11.5 Å². The standard InChI is InChI=1S/C15H18N2O2/c1-17(12-8-10-13(18-2)11-9-12)16-14-6-4-5-7-15(14)19-3/h4-11,16H,1-3H3. The van der Waals surface area contributed by atoms with Crippen LogP contribution in [0.2, 0.25) is 0 Å². The minimum atomic E-state index is 0.808. The Bertz CT molecular complexity index is 526. The maximum absolute atomic E-state index is 5.31. The average molecular weight is 258 g/mol. The fourth-order valence-corrected chi connectivity index (χ4v) is 1.79. The van der Waals surface area contributed by atoms with Gasteiger partial charge in [0.1, 0.15) is 11.5 Å². The molecule has 1 N–H and O–H groups in total. The van der Waals surface area contributed by atoms with Crippen LogP contribution in [0.3, 0.4) is 0 Å². The number of hydrogen-bond acceptors (Lipinski definition) is 4. The first-order chi connectivity index (χ1) is 9.24. The van der Waals surface area contributed by atoms with Crippen molar-refractivity contribution in [2.24, 2.45) is 0 Å². The Hall–Kier alpha value is -2.36. The van der Waals surface area contributed by atoms with Crippen molar-refractivity contribution in [1.29, 1.82) is 0 Å². The molecule has 0 heterocycles. The predicted octanol–water partition coefficient (Wildman–Crippen LogP) is 3.17. The van der Waals surface area contributed by atoms with E-state index in [-0.39, 0.29) is 0 Å². The largest absolute Gasteiger partial charge is 0.497 e. The van der Waals surface area contributed by atoms with Gasteiger partial charge in [-0.15, -0.1) is 0 Å². The Balaban J connectivity index is 2.13. The molecule has 0 aromatic heterocycles. The third kappa shape index (κ3) is 3.10. The quantitative estimate of drug-likeness (QED) is 0.835. The van der Waals surface area contributed by atoms with E-state index in [4.69, 9.17) is 9.47 Å². The van der Waals surface area contributed by atoms with Gasteiger partial charge in [-0.3, -0.25) is 10.4 Å². The molecular weight excluding hydrogens is 240 g/mol. The van der Waals surface area contributed by atoms with Crippen LogP contribution >= 0.6 is 0 Å². The van der Waals surface area contributed by atoms with E-state index < -0.39 is 0 Å². The first kappa shape index (κ1) is 13.1. The second-order valence-electron chi connectivity index (χ2n) is 4.07. The van der Waals surface area contributed by atoms with E-state index in [0.717, 1.165) is 22.9 Å². The third-order valence-electron chi connectivity index (χ3n) is 2.85. The Morgan fingerprint density at radius 3 is 2.21 bits per heavy atom. The lowest BCUT2D eigenvalue weighted by Crippen LogP contribution is -2.24. The van der Waals surface area contributed by atoms with Crippen molar-refractivity contribution < 1.29 is 9.47 Å². The number of nitrogens with zero attached hydrogens (tertiary/aromatic N) is 1. The Morgan fingerprint density at radius 1 is 0.895 bits per heavy atom. The number of methoxy groups -OCH3 is 2. The summed E-state index contributed by atoms with van der Waals surface area (Å²) in [6, 6.07) is 15.6. The van der Waals surface area contributed by atoms with E-state index in [0.29, 0.717) is 0 Å². The summed E-state index contributed by atoms with van der Waals surface area (Å²) in [4.78, 5) is 0. The molecule has 0 fully saturated rings. The molecule has 0 bridgehead atoms. The van der Waals surface area contributed by atoms with Crippen LogP contribution in [-0.4, -0.2) is 21.3 Å². The summed E-state index contributed by atoms with van der Waals surface area (Å²) in [5.41, 5.74) is 5.24. The lowest BCUT2D eigenvalue weighted by atomic mass is 10.3. The van der Waals surface area contributed by atoms with Crippen LogP contribution in [0.5, 0.6) is 11.5 Å². The minimum Gasteiger partial charge on any atom is -0.497 e. The first-order valence-electron chi connectivity index (χ1n) is 6.02. The number of anilines is 2. The van der Waals surface area contributed by atoms with Crippen molar-refractivity contribution >= 4 is 11.4 Å². The van der Waals surface area contributed by atoms with Crippen LogP contribution in [0, 0.1) is 0 Å². The number of hydrogen-bond donors (Lipinski definition) is 1. The van der Waals surface area contributed by atoms with Crippen molar-refractivity contribution in [2.75, 3.05) is 31.7 Å². The number of ether oxygens (including phenoxy) is 2. The van der Waals surface area contributed by atoms with Crippen molar-refractivity contribution in [3.05, 3.63) is 48.5 Å². The topological polar surface area (TPSA) is 33.7 Å². The zero-order valence-electron chi connectivity index (χ0n) is 11.4. The van der Waals surface area contributed by atoms with Crippen LogP contribution in [0.1, 0.15) is 0 Å². The Kier molecular flexibility index (Phi) is 4.13. The SMILES string of the molecule is COc1ccc(N(C)Nc2ccccc2OC)cc1. The molecule has 0 unspecified atom stereocenters. The van der Waals surface area contributed by atoms with Crippen LogP contribution in [0.4, 0.5) is 11.4 Å². The van der Waals surface area contributed by atoms with Crippen molar-refractivity contribution in [2.45, 2.75) is 0 Å². The van der Waals surface area contributed by atoms with Crippen LogP contribution in [-0.2, 0) is 0 Å². The molecule has 0 spiro atoms. The van der Waals surface area contributed by atoms with Crippen LogP contribution in [0.25, 0.3) is 0 Å². The summed E-state index contributed by atoms with van der Waals surface area (Å²) < 4.78 is 10.5. The van der Waals surface area contributed by atoms with Gasteiger partial charge in [0, 0.05) is 7.05 Å². The number of para-hydroxylation sites is 2. The lowest BCUT2D eigenvalue weighted by Gasteiger charge is -2.23. The van der Waals surface area contributed by atoms with Gasteiger partial charge >= 0.3 is 0 Å². The minimum absolute atomic E-state index is 0.808. The second-order valence-corrected chi connectivity index (χ2v) is 4.07. The molecule has 4 heteroatoms. The van der Waals surface area contributed by atoms with Gasteiger partial charge in [-0.1, -0.05) is 12.1 Å². The molecule has 0 aliphatic rings. The fourth-order valence-electron chi connectivity index (χ4n) is 1.79. The number of hydrazine groups is 1. The molecule has 2 aromatic carbocycles. The summed E-state index contributed by atoms with van der Waals surface area (Å²) in [6.07, 6.45) is 0. The first-order valence-corrected chi connectivity index (χ1v) is 6.02. The second kappa shape index (κ2) is 6.00. The molecule has 100 valence electrons. The van der Waals surface area contributed by atoms with Gasteiger partial charge in [-0.25, -0.2) is 0 Å². The highest BCUT2D eigenvalue weighted by Gasteiger charge is 2.05. The molecule has 2 aromatic rings. The fraction of sp³-hybridized carbons (Fsp3) is 0.200. The van der Waals surface area contributed by atoms with E-state index >= 15 is 0 Å². The van der Waals surface area contributed by atoms with E-state index in [1.165, 1.54) is 0 Å². The highest BCUT2D eigenvalue weighted by Crippen LogP contribution is 2.25. The lowest BCUT2D eigenvalue weighted by molar-refractivity contribution is 0.414. The summed E-state index contributed by atoms with van der Waals surface area (Å²) in [5, 5.41) is 1.93. The molecule has 0 saturated carbocycles. The monoisotopic (exact) mass is 258 g/mol. The summed E-state index contributed by atoms with van der Waals surface area (Å²) >= 11 is 0. The molecular formula is C15H18N2O2. The van der Waals surface area contributed by atoms with Gasteiger partial charge in [0.05, 0.1) is 25.6 Å². The van der Waals surface area contributed by atoms with Crippen molar-refractivity contribution in [1.82, 2.24) is 0 Å². The zero-order valence-corrected chi connectivity index (χ0v) is 11.4. The van der Waals surface area contributed by atoms with Gasteiger partial charge < -0.3 is 9.47 Å². The summed E-state index contributed by atoms with van der Waals surface area (Å²) in [6.45, 7) is 0. The number of rotatable bonds is 5. The Morgan fingerprint density at radius 2 is 1.58 bits per heavy atom. The predicted molar refractivity (Wildman–Crippen MR) is 78.0 cm³/mol. The van der Waals surface area contributed by atoms with Crippen LogP contribution in [0.15, 0.2) is 48.5 Å². The zero-order chi connectivity index (χ0) is 13.7. The number of benzene rings is 2. The smallest absolute Gasteiger partial charge is 0.143 e. The van der Waals surface area contributed by atoms with Gasteiger partial charge in [-0.2, -0.15) is 0 Å². The molecule has 4 nitrogen and oxygen atoms in total. The molecule has 0 saturated heterocycles. The number of nitrogens with one attached hydrogen (secondary N) is 1. The van der Waals surface area contributed by atoms with E-state index in [2.05, 4.69) is 5.43 Å². The summed E-state index contributed by atoms with van der Waals surface area (Å²) in [7, 11) is 5.27. The van der Waals surface area contributed by atoms with Crippen molar-refractivity contribution in [3.63, 3.8) is 0 Å². The average Bonchev–Trinajstić information content (AvgIpc) is 2.48. The molecule has 0 atom stereocenters. The van der Waals surface area contributed by atoms with E-state index in [1.54, 1.807) is 14.2 Å². The highest BCUT2D eigenvalue weighted by molar-refractivity contribution is 5.61. The molecule has 0 aliphatic carbocycles. The molecule has 2 rings (SSSR count). The maximum atomic E-state index is 5.31. The molecule has 19 heavy (non-hydrogen) atoms. The van der Waals surface area contributed by atoms with Crippen LogP contribution < -0.4 is 19.9 Å². The van der Waals surface area contributed by atoms with E-state index in [1.807, 2.05) is 60.6 Å². The van der Waals surface area contributed by atoms with Gasteiger partial charge in [-0.05, 0) is 36.4 Å². The maximum Gasteiger partial charge on any atom is 0.143 e. The van der Waals surface area contributed by atoms with Gasteiger partial charge in [0.2, 0.25) is 0 Å². The normalized spacial score (nSPS) is 9.84. The Labute approximate surface area is 113 Å². The molecule has 0 aliphatic heterocycles. The molecule has 0 radical (unpaired) electrons. The molecule has 0 amide bonds. The van der Waals surface area contributed by atoms with E-state index in [9.17, 15) is 0 Å². The van der Waals surface area contributed by atoms with Gasteiger partial charge in [0.25, 0.3) is 0 Å². The summed E-state index contributed by atoms with van der Waals surface area (Å²) in [5.74, 6) is 1.65.